The first-order chi connectivity index (χ1) is 7.13. The fourth-order valence-electron chi connectivity index (χ4n) is 1.18. The summed E-state index contributed by atoms with van der Waals surface area (Å²) in [6.07, 6.45) is 0.316. The molecule has 2 atom stereocenters. The van der Waals surface area contributed by atoms with Gasteiger partial charge in [-0.25, -0.2) is 0 Å². The minimum Gasteiger partial charge on any atom is -0.491 e. The van der Waals surface area contributed by atoms with Crippen molar-refractivity contribution < 1.29 is 9.84 Å². The second-order valence-electron chi connectivity index (χ2n) is 3.73. The van der Waals surface area contributed by atoms with Gasteiger partial charge in [0.05, 0.1) is 6.10 Å². The topological polar surface area (TPSA) is 55.5 Å². The molecule has 0 saturated carbocycles. The Balaban J connectivity index is 2.50. The molecule has 0 aliphatic rings. The molecule has 0 fully saturated rings. The molecular formula is C12H19NO2. The molecule has 1 rings (SSSR count). The Bertz CT molecular complexity index is 282. The van der Waals surface area contributed by atoms with E-state index >= 15 is 0 Å². The van der Waals surface area contributed by atoms with E-state index in [0.717, 1.165) is 11.3 Å². The summed E-state index contributed by atoms with van der Waals surface area (Å²) < 4.78 is 5.40. The predicted octanol–water partition coefficient (Wildman–Crippen LogP) is 1.86. The van der Waals surface area contributed by atoms with Crippen LogP contribution < -0.4 is 10.5 Å². The van der Waals surface area contributed by atoms with Gasteiger partial charge in [0.2, 0.25) is 0 Å². The third-order valence-electron chi connectivity index (χ3n) is 2.32. The normalized spacial score (nSPS) is 14.7. The summed E-state index contributed by atoms with van der Waals surface area (Å²) in [5.41, 5.74) is 6.81. The van der Waals surface area contributed by atoms with Gasteiger partial charge in [-0.2, -0.15) is 0 Å². The zero-order valence-electron chi connectivity index (χ0n) is 9.31. The molecule has 0 saturated heterocycles. The van der Waals surface area contributed by atoms with Crippen LogP contribution in [0.2, 0.25) is 0 Å². The Kier molecular flexibility index (Phi) is 4.59. The fraction of sp³-hybridized carbons (Fsp3) is 0.500. The van der Waals surface area contributed by atoms with Crippen LogP contribution in [0.3, 0.4) is 0 Å². The monoisotopic (exact) mass is 209 g/mol. The molecule has 0 aromatic heterocycles. The number of ether oxygens (including phenoxy) is 1. The van der Waals surface area contributed by atoms with Gasteiger partial charge in [-0.3, -0.25) is 0 Å². The largest absolute Gasteiger partial charge is 0.491 e. The summed E-state index contributed by atoms with van der Waals surface area (Å²) >= 11 is 0. The van der Waals surface area contributed by atoms with Gasteiger partial charge in [-0.1, -0.05) is 19.1 Å². The average Bonchev–Trinajstić information content (AvgIpc) is 2.26. The van der Waals surface area contributed by atoms with E-state index < -0.39 is 6.10 Å². The van der Waals surface area contributed by atoms with Crippen LogP contribution in [0.25, 0.3) is 0 Å². The highest BCUT2D eigenvalue weighted by Crippen LogP contribution is 2.16. The highest BCUT2D eigenvalue weighted by Gasteiger charge is 2.03. The molecule has 0 bridgehead atoms. The molecule has 1 aromatic rings. The van der Waals surface area contributed by atoms with Crippen molar-refractivity contribution in [1.29, 1.82) is 0 Å². The predicted molar refractivity (Wildman–Crippen MR) is 60.8 cm³/mol. The lowest BCUT2D eigenvalue weighted by molar-refractivity contribution is 0.104. The van der Waals surface area contributed by atoms with E-state index in [4.69, 9.17) is 10.5 Å². The summed E-state index contributed by atoms with van der Waals surface area (Å²) in [4.78, 5) is 0. The molecular weight excluding hydrogens is 190 g/mol. The van der Waals surface area contributed by atoms with E-state index in [1.54, 1.807) is 0 Å². The second kappa shape index (κ2) is 5.73. The standard InChI is InChI=1S/C12H19NO2/c1-3-11(14)8-15-12-6-4-10(5-7-12)9(2)13/h4-7,9,11,14H,3,8,13H2,1-2H3/t9-,11?/m0/s1. The van der Waals surface area contributed by atoms with E-state index in [1.165, 1.54) is 0 Å². The molecule has 1 aromatic carbocycles. The molecule has 3 nitrogen and oxygen atoms in total. The van der Waals surface area contributed by atoms with Gasteiger partial charge < -0.3 is 15.6 Å². The maximum Gasteiger partial charge on any atom is 0.119 e. The quantitative estimate of drug-likeness (QED) is 0.778. The minimum atomic E-state index is -0.391. The van der Waals surface area contributed by atoms with Crippen molar-refractivity contribution in [3.63, 3.8) is 0 Å². The summed E-state index contributed by atoms with van der Waals surface area (Å²) in [5.74, 6) is 0.770. The maximum absolute atomic E-state index is 9.32. The number of hydrogen-bond donors (Lipinski definition) is 2. The summed E-state index contributed by atoms with van der Waals surface area (Å²) in [5, 5.41) is 9.32. The molecule has 3 N–H and O–H groups in total. The number of rotatable bonds is 5. The van der Waals surface area contributed by atoms with Crippen LogP contribution in [0, 0.1) is 0 Å². The van der Waals surface area contributed by atoms with E-state index in [0.29, 0.717) is 13.0 Å². The zero-order chi connectivity index (χ0) is 11.3. The lowest BCUT2D eigenvalue weighted by Gasteiger charge is -2.11. The van der Waals surface area contributed by atoms with E-state index in [9.17, 15) is 5.11 Å². The lowest BCUT2D eigenvalue weighted by atomic mass is 10.1. The van der Waals surface area contributed by atoms with Gasteiger partial charge in [-0.05, 0) is 31.0 Å². The molecule has 0 spiro atoms. The molecule has 1 unspecified atom stereocenters. The number of nitrogens with two attached hydrogens (primary N) is 1. The molecule has 0 aliphatic heterocycles. The lowest BCUT2D eigenvalue weighted by Crippen LogP contribution is -2.16. The third kappa shape index (κ3) is 3.90. The smallest absolute Gasteiger partial charge is 0.119 e. The average molecular weight is 209 g/mol. The first-order valence-corrected chi connectivity index (χ1v) is 5.30. The van der Waals surface area contributed by atoms with Crippen molar-refractivity contribution in [2.75, 3.05) is 6.61 Å². The molecule has 3 heteroatoms. The highest BCUT2D eigenvalue weighted by molar-refractivity contribution is 5.28. The molecule has 0 amide bonds. The number of aliphatic hydroxyl groups is 1. The summed E-state index contributed by atoms with van der Waals surface area (Å²) in [6, 6.07) is 7.68. The number of benzene rings is 1. The van der Waals surface area contributed by atoms with Crippen LogP contribution in [-0.4, -0.2) is 17.8 Å². The van der Waals surface area contributed by atoms with Gasteiger partial charge >= 0.3 is 0 Å². The van der Waals surface area contributed by atoms with Crippen molar-refractivity contribution in [3.05, 3.63) is 29.8 Å². The molecule has 15 heavy (non-hydrogen) atoms. The summed E-state index contributed by atoms with van der Waals surface area (Å²) in [7, 11) is 0. The fourth-order valence-corrected chi connectivity index (χ4v) is 1.18. The van der Waals surface area contributed by atoms with Crippen LogP contribution in [0.1, 0.15) is 31.9 Å². The first-order valence-electron chi connectivity index (χ1n) is 5.30. The van der Waals surface area contributed by atoms with Gasteiger partial charge in [-0.15, -0.1) is 0 Å². The molecule has 0 aliphatic carbocycles. The molecule has 84 valence electrons. The van der Waals surface area contributed by atoms with Gasteiger partial charge in [0.1, 0.15) is 12.4 Å². The molecule has 0 heterocycles. The zero-order valence-corrected chi connectivity index (χ0v) is 9.31. The van der Waals surface area contributed by atoms with Crippen molar-refractivity contribution in [2.45, 2.75) is 32.4 Å². The van der Waals surface area contributed by atoms with E-state index in [1.807, 2.05) is 38.1 Å². The van der Waals surface area contributed by atoms with E-state index in [2.05, 4.69) is 0 Å². The Morgan fingerprint density at radius 2 is 1.93 bits per heavy atom. The van der Waals surface area contributed by atoms with Crippen LogP contribution in [-0.2, 0) is 0 Å². The second-order valence-corrected chi connectivity index (χ2v) is 3.73. The summed E-state index contributed by atoms with van der Waals surface area (Å²) in [6.45, 7) is 4.21. The van der Waals surface area contributed by atoms with Gasteiger partial charge in [0, 0.05) is 6.04 Å². The Labute approximate surface area is 90.9 Å². The Hall–Kier alpha value is -1.06. The minimum absolute atomic E-state index is 0.0419. The van der Waals surface area contributed by atoms with Crippen molar-refractivity contribution in [2.24, 2.45) is 5.73 Å². The van der Waals surface area contributed by atoms with Crippen LogP contribution in [0.4, 0.5) is 0 Å². The van der Waals surface area contributed by atoms with Crippen LogP contribution in [0.5, 0.6) is 5.75 Å². The van der Waals surface area contributed by atoms with Gasteiger partial charge in [0.25, 0.3) is 0 Å². The van der Waals surface area contributed by atoms with Gasteiger partial charge in [0.15, 0.2) is 0 Å². The Morgan fingerprint density at radius 3 is 2.40 bits per heavy atom. The van der Waals surface area contributed by atoms with Crippen LogP contribution >= 0.6 is 0 Å². The van der Waals surface area contributed by atoms with Crippen molar-refractivity contribution >= 4 is 0 Å². The van der Waals surface area contributed by atoms with Crippen molar-refractivity contribution in [3.8, 4) is 5.75 Å². The third-order valence-corrected chi connectivity index (χ3v) is 2.32. The maximum atomic E-state index is 9.32. The van der Waals surface area contributed by atoms with E-state index in [-0.39, 0.29) is 6.04 Å². The SMILES string of the molecule is CCC(O)COc1ccc([C@H](C)N)cc1. The van der Waals surface area contributed by atoms with Crippen LogP contribution in [0.15, 0.2) is 24.3 Å². The molecule has 0 radical (unpaired) electrons. The first kappa shape index (κ1) is 12.0. The number of aliphatic hydroxyl groups excluding tert-OH is 1. The van der Waals surface area contributed by atoms with Crippen molar-refractivity contribution in [1.82, 2.24) is 0 Å². The highest BCUT2D eigenvalue weighted by atomic mass is 16.5. The number of hydrogen-bond acceptors (Lipinski definition) is 3. The Morgan fingerprint density at radius 1 is 1.33 bits per heavy atom.